The Bertz CT molecular complexity index is 456. The van der Waals surface area contributed by atoms with Gasteiger partial charge < -0.3 is 14.2 Å². The normalized spacial score (nSPS) is 17.4. The highest BCUT2D eigenvalue weighted by Crippen LogP contribution is 2.44. The number of esters is 1. The van der Waals surface area contributed by atoms with Gasteiger partial charge in [-0.1, -0.05) is 0 Å². The van der Waals surface area contributed by atoms with Crippen LogP contribution < -0.4 is 9.47 Å². The van der Waals surface area contributed by atoms with E-state index in [0.29, 0.717) is 21.5 Å². The highest BCUT2D eigenvalue weighted by molar-refractivity contribution is 9.10. The highest BCUT2D eigenvalue weighted by Gasteiger charge is 2.28. The Balaban J connectivity index is 2.57. The minimum Gasteiger partial charge on any atom is -0.465 e. The van der Waals surface area contributed by atoms with Crippen molar-refractivity contribution < 1.29 is 19.0 Å². The van der Waals surface area contributed by atoms with Crippen LogP contribution in [0.2, 0.25) is 0 Å². The molecule has 1 aromatic rings. The summed E-state index contributed by atoms with van der Waals surface area (Å²) in [5.74, 6) is 0.851. The summed E-state index contributed by atoms with van der Waals surface area (Å²) >= 11 is 3.34. The molecule has 0 spiro atoms. The maximum Gasteiger partial charge on any atom is 0.338 e. The van der Waals surface area contributed by atoms with E-state index in [1.807, 2.05) is 0 Å². The number of methoxy groups -OCH3 is 1. The molecule has 0 bridgehead atoms. The number of carbonyl (C=O) groups excluding carboxylic acids is 1. The lowest BCUT2D eigenvalue weighted by molar-refractivity contribution is 0.0594. The summed E-state index contributed by atoms with van der Waals surface area (Å²) in [6.45, 7) is 3.60. The monoisotopic (exact) mass is 286 g/mol. The van der Waals surface area contributed by atoms with Crippen molar-refractivity contribution in [1.82, 2.24) is 0 Å². The third-order valence-corrected chi connectivity index (χ3v) is 3.00. The predicted octanol–water partition coefficient (Wildman–Crippen LogP) is 2.66. The molecule has 5 heteroatoms. The summed E-state index contributed by atoms with van der Waals surface area (Å²) in [5, 5.41) is 0. The number of ether oxygens (including phenoxy) is 3. The summed E-state index contributed by atoms with van der Waals surface area (Å²) in [4.78, 5) is 11.5. The van der Waals surface area contributed by atoms with Crippen molar-refractivity contribution in [1.29, 1.82) is 0 Å². The van der Waals surface area contributed by atoms with Gasteiger partial charge in [0.2, 0.25) is 6.29 Å². The highest BCUT2D eigenvalue weighted by atomic mass is 79.9. The Morgan fingerprint density at radius 1 is 1.44 bits per heavy atom. The summed E-state index contributed by atoms with van der Waals surface area (Å²) in [6.07, 6.45) is -0.335. The molecular weight excluding hydrogens is 276 g/mol. The zero-order valence-electron chi connectivity index (χ0n) is 9.17. The van der Waals surface area contributed by atoms with Crippen LogP contribution in [-0.4, -0.2) is 19.4 Å². The average molecular weight is 287 g/mol. The lowest BCUT2D eigenvalue weighted by atomic mass is 10.1. The van der Waals surface area contributed by atoms with Gasteiger partial charge in [-0.25, -0.2) is 4.79 Å². The molecule has 1 heterocycles. The van der Waals surface area contributed by atoms with E-state index in [-0.39, 0.29) is 12.3 Å². The Morgan fingerprint density at radius 3 is 2.69 bits per heavy atom. The first-order valence-corrected chi connectivity index (χ1v) is 5.58. The third kappa shape index (κ3) is 1.65. The first-order valence-electron chi connectivity index (χ1n) is 4.79. The van der Waals surface area contributed by atoms with Gasteiger partial charge in [-0.05, 0) is 28.9 Å². The SMILES string of the molecule is COC(=O)c1cc(Br)c2c(c1C)OC(C)O2. The van der Waals surface area contributed by atoms with Crippen LogP contribution in [0.3, 0.4) is 0 Å². The van der Waals surface area contributed by atoms with Gasteiger partial charge in [-0.2, -0.15) is 0 Å². The average Bonchev–Trinajstić information content (AvgIpc) is 2.65. The van der Waals surface area contributed by atoms with E-state index >= 15 is 0 Å². The van der Waals surface area contributed by atoms with E-state index in [4.69, 9.17) is 14.2 Å². The lowest BCUT2D eigenvalue weighted by Crippen LogP contribution is -2.11. The van der Waals surface area contributed by atoms with Gasteiger partial charge in [-0.3, -0.25) is 0 Å². The second kappa shape index (κ2) is 3.97. The molecular formula is C11H11BrO4. The minimum atomic E-state index is -0.385. The zero-order chi connectivity index (χ0) is 11.9. The van der Waals surface area contributed by atoms with E-state index in [0.717, 1.165) is 5.56 Å². The Kier molecular flexibility index (Phi) is 2.80. The quantitative estimate of drug-likeness (QED) is 0.745. The van der Waals surface area contributed by atoms with E-state index in [1.54, 1.807) is 19.9 Å². The first-order chi connectivity index (χ1) is 7.54. The molecule has 0 saturated carbocycles. The molecule has 86 valence electrons. The molecule has 0 saturated heterocycles. The molecule has 1 aliphatic rings. The second-order valence-corrected chi connectivity index (χ2v) is 4.34. The Labute approximate surface area is 102 Å². The van der Waals surface area contributed by atoms with Crippen LogP contribution in [0.5, 0.6) is 11.5 Å². The molecule has 2 rings (SSSR count). The molecule has 16 heavy (non-hydrogen) atoms. The molecule has 0 radical (unpaired) electrons. The van der Waals surface area contributed by atoms with Crippen LogP contribution in [0.15, 0.2) is 10.5 Å². The topological polar surface area (TPSA) is 44.8 Å². The molecule has 0 N–H and O–H groups in total. The lowest BCUT2D eigenvalue weighted by Gasteiger charge is -2.08. The van der Waals surface area contributed by atoms with Crippen molar-refractivity contribution in [2.45, 2.75) is 20.1 Å². The van der Waals surface area contributed by atoms with E-state index in [2.05, 4.69) is 15.9 Å². The van der Waals surface area contributed by atoms with Gasteiger partial charge in [-0.15, -0.1) is 0 Å². The summed E-state index contributed by atoms with van der Waals surface area (Å²) in [5.41, 5.74) is 1.21. The predicted molar refractivity (Wildman–Crippen MR) is 60.9 cm³/mol. The van der Waals surface area contributed by atoms with E-state index in [1.165, 1.54) is 7.11 Å². The molecule has 0 fully saturated rings. The number of benzene rings is 1. The number of halogens is 1. The molecule has 1 atom stereocenters. The van der Waals surface area contributed by atoms with Crippen molar-refractivity contribution in [2.24, 2.45) is 0 Å². The Morgan fingerprint density at radius 2 is 2.06 bits per heavy atom. The molecule has 1 aliphatic heterocycles. The molecule has 0 aromatic heterocycles. The molecule has 0 amide bonds. The van der Waals surface area contributed by atoms with Crippen LogP contribution >= 0.6 is 15.9 Å². The Hall–Kier alpha value is -1.23. The van der Waals surface area contributed by atoms with Crippen LogP contribution in [0.4, 0.5) is 0 Å². The smallest absolute Gasteiger partial charge is 0.338 e. The van der Waals surface area contributed by atoms with Crippen LogP contribution in [0.25, 0.3) is 0 Å². The fourth-order valence-corrected chi connectivity index (χ4v) is 2.13. The maximum absolute atomic E-state index is 11.5. The number of carbonyl (C=O) groups is 1. The standard InChI is InChI=1S/C11H11BrO4/c1-5-7(11(13)14-3)4-8(12)10-9(5)15-6(2)16-10/h4,6H,1-3H3. The van der Waals surface area contributed by atoms with Gasteiger partial charge in [0.05, 0.1) is 17.1 Å². The number of hydrogen-bond donors (Lipinski definition) is 0. The summed E-state index contributed by atoms with van der Waals surface area (Å²) < 4.78 is 16.4. The van der Waals surface area contributed by atoms with E-state index < -0.39 is 0 Å². The van der Waals surface area contributed by atoms with Crippen LogP contribution in [-0.2, 0) is 4.74 Å². The van der Waals surface area contributed by atoms with Crippen LogP contribution in [0.1, 0.15) is 22.8 Å². The zero-order valence-corrected chi connectivity index (χ0v) is 10.8. The first kappa shape index (κ1) is 11.3. The molecule has 4 nitrogen and oxygen atoms in total. The third-order valence-electron chi connectivity index (χ3n) is 2.41. The number of hydrogen-bond acceptors (Lipinski definition) is 4. The van der Waals surface area contributed by atoms with Gasteiger partial charge in [0, 0.05) is 12.5 Å². The largest absolute Gasteiger partial charge is 0.465 e. The van der Waals surface area contributed by atoms with Gasteiger partial charge >= 0.3 is 5.97 Å². The van der Waals surface area contributed by atoms with Crippen molar-refractivity contribution in [3.05, 3.63) is 21.7 Å². The van der Waals surface area contributed by atoms with Crippen molar-refractivity contribution in [3.8, 4) is 11.5 Å². The van der Waals surface area contributed by atoms with Gasteiger partial charge in [0.25, 0.3) is 0 Å². The van der Waals surface area contributed by atoms with E-state index in [9.17, 15) is 4.79 Å². The summed E-state index contributed by atoms with van der Waals surface area (Å²) in [6, 6.07) is 1.68. The van der Waals surface area contributed by atoms with Crippen molar-refractivity contribution >= 4 is 21.9 Å². The molecule has 0 aliphatic carbocycles. The summed E-state index contributed by atoms with van der Waals surface area (Å²) in [7, 11) is 1.35. The fourth-order valence-electron chi connectivity index (χ4n) is 1.63. The van der Waals surface area contributed by atoms with Gasteiger partial charge in [0.15, 0.2) is 11.5 Å². The van der Waals surface area contributed by atoms with Crippen molar-refractivity contribution in [2.75, 3.05) is 7.11 Å². The fraction of sp³-hybridized carbons (Fsp3) is 0.364. The number of fused-ring (bicyclic) bond motifs is 1. The van der Waals surface area contributed by atoms with Gasteiger partial charge in [0.1, 0.15) is 0 Å². The second-order valence-electron chi connectivity index (χ2n) is 3.48. The van der Waals surface area contributed by atoms with Crippen LogP contribution in [0, 0.1) is 6.92 Å². The number of rotatable bonds is 1. The molecule has 1 unspecified atom stereocenters. The van der Waals surface area contributed by atoms with Crippen molar-refractivity contribution in [3.63, 3.8) is 0 Å². The molecule has 1 aromatic carbocycles. The minimum absolute atomic E-state index is 0.335. The maximum atomic E-state index is 11.5.